The van der Waals surface area contributed by atoms with E-state index < -0.39 is 5.25 Å². The van der Waals surface area contributed by atoms with Gasteiger partial charge in [-0.15, -0.1) is 11.8 Å². The molecule has 2 heterocycles. The standard InChI is InChI=1S/C18H20N2O4S2/c1-4-24-13-7-5-12(6-8-13)20-16(21)15-14(9-10-25-15)19-18(20)26-11(2)17(22)23-3/h5-8,11H,4,9-10H2,1-3H3/t11-/m1/s1. The second-order valence-electron chi connectivity index (χ2n) is 5.62. The van der Waals surface area contributed by atoms with Crippen molar-refractivity contribution in [1.82, 2.24) is 9.55 Å². The van der Waals surface area contributed by atoms with Crippen molar-refractivity contribution < 1.29 is 14.3 Å². The molecular formula is C18H20N2O4S2. The van der Waals surface area contributed by atoms with Gasteiger partial charge in [0.1, 0.15) is 11.0 Å². The van der Waals surface area contributed by atoms with Crippen molar-refractivity contribution in [3.05, 3.63) is 40.3 Å². The number of nitrogens with zero attached hydrogens (tertiary/aromatic N) is 2. The van der Waals surface area contributed by atoms with Crippen LogP contribution >= 0.6 is 23.5 Å². The van der Waals surface area contributed by atoms with Crippen LogP contribution in [0.3, 0.4) is 0 Å². The number of ether oxygens (including phenoxy) is 2. The van der Waals surface area contributed by atoms with Gasteiger partial charge >= 0.3 is 5.97 Å². The molecule has 1 aliphatic rings. The van der Waals surface area contributed by atoms with E-state index in [9.17, 15) is 9.59 Å². The highest BCUT2D eigenvalue weighted by atomic mass is 32.2. The minimum absolute atomic E-state index is 0.0961. The third-order valence-corrected chi connectivity index (χ3v) is 6.03. The van der Waals surface area contributed by atoms with Crippen molar-refractivity contribution in [3.63, 3.8) is 0 Å². The van der Waals surface area contributed by atoms with Gasteiger partial charge in [-0.2, -0.15) is 0 Å². The monoisotopic (exact) mass is 392 g/mol. The van der Waals surface area contributed by atoms with E-state index in [0.29, 0.717) is 22.3 Å². The number of thioether (sulfide) groups is 2. The Morgan fingerprint density at radius 1 is 1.38 bits per heavy atom. The molecule has 0 unspecified atom stereocenters. The zero-order chi connectivity index (χ0) is 18.7. The Bertz CT molecular complexity index is 865. The summed E-state index contributed by atoms with van der Waals surface area (Å²) in [6.07, 6.45) is 0.763. The predicted octanol–water partition coefficient (Wildman–Crippen LogP) is 2.93. The number of methoxy groups -OCH3 is 1. The van der Waals surface area contributed by atoms with Gasteiger partial charge in [0.25, 0.3) is 5.56 Å². The Hall–Kier alpha value is -1.93. The molecule has 138 valence electrons. The van der Waals surface area contributed by atoms with E-state index in [2.05, 4.69) is 4.98 Å². The van der Waals surface area contributed by atoms with Crippen LogP contribution in [-0.4, -0.2) is 40.2 Å². The Morgan fingerprint density at radius 3 is 2.77 bits per heavy atom. The Balaban J connectivity index is 2.07. The first-order valence-corrected chi connectivity index (χ1v) is 10.2. The highest BCUT2D eigenvalue weighted by Crippen LogP contribution is 2.31. The van der Waals surface area contributed by atoms with E-state index in [1.54, 1.807) is 11.5 Å². The SMILES string of the molecule is CCOc1ccc(-n2c(S[C@H](C)C(=O)OC)nc3c(c2=O)SCC3)cc1. The molecule has 0 fully saturated rings. The van der Waals surface area contributed by atoms with Gasteiger partial charge in [-0.3, -0.25) is 14.2 Å². The summed E-state index contributed by atoms with van der Waals surface area (Å²) < 4.78 is 11.8. The summed E-state index contributed by atoms with van der Waals surface area (Å²) in [6.45, 7) is 4.24. The van der Waals surface area contributed by atoms with Gasteiger partial charge in [0, 0.05) is 12.2 Å². The summed E-state index contributed by atoms with van der Waals surface area (Å²) in [6, 6.07) is 7.30. The number of esters is 1. The second kappa shape index (κ2) is 8.18. The maximum absolute atomic E-state index is 13.1. The van der Waals surface area contributed by atoms with Crippen molar-refractivity contribution in [2.75, 3.05) is 19.5 Å². The lowest BCUT2D eigenvalue weighted by Gasteiger charge is -2.16. The maximum Gasteiger partial charge on any atom is 0.318 e. The van der Waals surface area contributed by atoms with E-state index in [-0.39, 0.29) is 11.5 Å². The molecule has 2 aromatic rings. The fourth-order valence-corrected chi connectivity index (χ4v) is 4.62. The summed E-state index contributed by atoms with van der Waals surface area (Å²) in [5, 5.41) is 0.0336. The molecule has 0 radical (unpaired) electrons. The normalized spacial score (nSPS) is 14.0. The molecule has 1 aromatic heterocycles. The molecular weight excluding hydrogens is 372 g/mol. The average Bonchev–Trinajstić information content (AvgIpc) is 3.11. The molecule has 3 rings (SSSR count). The Kier molecular flexibility index (Phi) is 5.93. The lowest BCUT2D eigenvalue weighted by Crippen LogP contribution is -2.25. The summed E-state index contributed by atoms with van der Waals surface area (Å²) >= 11 is 2.76. The summed E-state index contributed by atoms with van der Waals surface area (Å²) in [5.41, 5.74) is 1.41. The second-order valence-corrected chi connectivity index (χ2v) is 8.03. The molecule has 0 aliphatic carbocycles. The van der Waals surface area contributed by atoms with Crippen molar-refractivity contribution in [2.45, 2.75) is 35.6 Å². The number of aromatic nitrogens is 2. The molecule has 0 amide bonds. The number of fused-ring (bicyclic) bond motifs is 1. The molecule has 0 saturated heterocycles. The third kappa shape index (κ3) is 3.76. The van der Waals surface area contributed by atoms with E-state index in [4.69, 9.17) is 9.47 Å². The first kappa shape index (κ1) is 18.8. The van der Waals surface area contributed by atoms with Crippen LogP contribution in [-0.2, 0) is 16.0 Å². The molecule has 0 N–H and O–H groups in total. The molecule has 1 aliphatic heterocycles. The van der Waals surface area contributed by atoms with Gasteiger partial charge in [-0.25, -0.2) is 4.98 Å². The number of carbonyl (C=O) groups excluding carboxylic acids is 1. The van der Waals surface area contributed by atoms with Crippen LogP contribution in [0.25, 0.3) is 5.69 Å². The molecule has 0 saturated carbocycles. The quantitative estimate of drug-likeness (QED) is 0.425. The average molecular weight is 393 g/mol. The maximum atomic E-state index is 13.1. The lowest BCUT2D eigenvalue weighted by atomic mass is 10.3. The zero-order valence-electron chi connectivity index (χ0n) is 14.9. The zero-order valence-corrected chi connectivity index (χ0v) is 16.5. The molecule has 0 spiro atoms. The van der Waals surface area contributed by atoms with Gasteiger partial charge < -0.3 is 9.47 Å². The fourth-order valence-electron chi connectivity index (χ4n) is 2.63. The summed E-state index contributed by atoms with van der Waals surface area (Å²) in [4.78, 5) is 30.2. The van der Waals surface area contributed by atoms with Gasteiger partial charge in [-0.05, 0) is 38.1 Å². The summed E-state index contributed by atoms with van der Waals surface area (Å²) in [5.74, 6) is 1.24. The number of aryl methyl sites for hydroxylation is 1. The van der Waals surface area contributed by atoms with Crippen molar-refractivity contribution in [3.8, 4) is 11.4 Å². The van der Waals surface area contributed by atoms with Crippen molar-refractivity contribution in [1.29, 1.82) is 0 Å². The first-order valence-electron chi connectivity index (χ1n) is 8.31. The minimum atomic E-state index is -0.465. The van der Waals surface area contributed by atoms with Crippen LogP contribution in [0.2, 0.25) is 0 Å². The lowest BCUT2D eigenvalue weighted by molar-refractivity contribution is -0.139. The van der Waals surface area contributed by atoms with E-state index >= 15 is 0 Å². The number of hydrogen-bond acceptors (Lipinski definition) is 7. The predicted molar refractivity (Wildman–Crippen MR) is 103 cm³/mol. The van der Waals surface area contributed by atoms with Crippen LogP contribution < -0.4 is 10.3 Å². The molecule has 6 nitrogen and oxygen atoms in total. The number of benzene rings is 1. The van der Waals surface area contributed by atoms with E-state index in [0.717, 1.165) is 23.6 Å². The highest BCUT2D eigenvalue weighted by Gasteiger charge is 2.25. The first-order chi connectivity index (χ1) is 12.5. The van der Waals surface area contributed by atoms with Gasteiger partial charge in [-0.1, -0.05) is 11.8 Å². The molecule has 0 bridgehead atoms. The van der Waals surface area contributed by atoms with E-state index in [1.165, 1.54) is 30.6 Å². The number of rotatable bonds is 6. The Labute approximate surface area is 160 Å². The molecule has 26 heavy (non-hydrogen) atoms. The largest absolute Gasteiger partial charge is 0.494 e. The number of hydrogen-bond donors (Lipinski definition) is 0. The van der Waals surface area contributed by atoms with Gasteiger partial charge in [0.05, 0.1) is 30.0 Å². The molecule has 8 heteroatoms. The van der Waals surface area contributed by atoms with Crippen molar-refractivity contribution in [2.24, 2.45) is 0 Å². The van der Waals surface area contributed by atoms with Gasteiger partial charge in [0.2, 0.25) is 0 Å². The molecule has 1 aromatic carbocycles. The van der Waals surface area contributed by atoms with Crippen molar-refractivity contribution >= 4 is 29.5 Å². The van der Waals surface area contributed by atoms with Crippen LogP contribution in [0.4, 0.5) is 0 Å². The summed E-state index contributed by atoms with van der Waals surface area (Å²) in [7, 11) is 1.35. The van der Waals surface area contributed by atoms with E-state index in [1.807, 2.05) is 31.2 Å². The minimum Gasteiger partial charge on any atom is -0.494 e. The van der Waals surface area contributed by atoms with Crippen LogP contribution in [0.15, 0.2) is 39.1 Å². The van der Waals surface area contributed by atoms with Crippen LogP contribution in [0.5, 0.6) is 5.75 Å². The smallest absolute Gasteiger partial charge is 0.318 e. The molecule has 1 atom stereocenters. The highest BCUT2D eigenvalue weighted by molar-refractivity contribution is 8.00. The van der Waals surface area contributed by atoms with Crippen LogP contribution in [0.1, 0.15) is 19.5 Å². The number of carbonyl (C=O) groups is 1. The van der Waals surface area contributed by atoms with Gasteiger partial charge in [0.15, 0.2) is 5.16 Å². The fraction of sp³-hybridized carbons (Fsp3) is 0.389. The Morgan fingerprint density at radius 2 is 2.12 bits per heavy atom. The topological polar surface area (TPSA) is 70.4 Å². The van der Waals surface area contributed by atoms with Crippen LogP contribution in [0, 0.1) is 0 Å². The third-order valence-electron chi connectivity index (χ3n) is 3.89.